The maximum absolute atomic E-state index is 3.36. The number of benzene rings is 8. The molecule has 2 aromatic heterocycles. The van der Waals surface area contributed by atoms with Gasteiger partial charge in [0.1, 0.15) is 26.0 Å². The molecule has 75 heavy (non-hydrogen) atoms. The predicted molar refractivity (Wildman–Crippen MR) is 288 cm³/mol. The molecule has 2 nitrogen and oxygen atoms in total. The minimum atomic E-state index is 0. The minimum absolute atomic E-state index is 0. The van der Waals surface area contributed by atoms with Crippen LogP contribution in [0.5, 0.6) is 0 Å². The van der Waals surface area contributed by atoms with E-state index in [1.165, 1.54) is 39.1 Å². The zero-order valence-electron chi connectivity index (χ0n) is 44.5. The smallest absolute Gasteiger partial charge is 0.294 e. The third kappa shape index (κ3) is 21.5. The first-order valence-corrected chi connectivity index (χ1v) is 23.5. The summed E-state index contributed by atoms with van der Waals surface area (Å²) in [6.45, 7) is 16.7. The van der Waals surface area contributed by atoms with Crippen molar-refractivity contribution in [3.8, 4) is 55.6 Å². The van der Waals surface area contributed by atoms with Crippen LogP contribution < -0.4 is 9.13 Å². The molecule has 8 aromatic carbocycles. The Morgan fingerprint density at radius 2 is 0.680 bits per heavy atom. The van der Waals surface area contributed by atoms with Gasteiger partial charge in [0.15, 0.2) is 0 Å². The molecule has 0 fully saturated rings. The monoisotopic (exact) mass is 1160 g/mol. The zero-order chi connectivity index (χ0) is 49.8. The van der Waals surface area contributed by atoms with Crippen LogP contribution in [-0.4, -0.2) is 0 Å². The normalized spacial score (nSPS) is 9.47. The van der Waals surface area contributed by atoms with Gasteiger partial charge in [-0.25, -0.2) is 55.6 Å². The molecule has 0 atom stereocenters. The van der Waals surface area contributed by atoms with Crippen molar-refractivity contribution in [3.63, 3.8) is 0 Å². The van der Waals surface area contributed by atoms with Crippen molar-refractivity contribution >= 4 is 0 Å². The molecule has 0 spiro atoms. The van der Waals surface area contributed by atoms with Crippen molar-refractivity contribution in [1.82, 2.24) is 0 Å². The van der Waals surface area contributed by atoms with Gasteiger partial charge in [-0.05, 0) is 6.92 Å². The van der Waals surface area contributed by atoms with Crippen molar-refractivity contribution in [1.29, 1.82) is 0 Å². The Morgan fingerprint density at radius 1 is 0.307 bits per heavy atom. The molecule has 10 rings (SSSR count). The Morgan fingerprint density at radius 3 is 1.03 bits per heavy atom. The van der Waals surface area contributed by atoms with Gasteiger partial charge < -0.3 is 0 Å². The van der Waals surface area contributed by atoms with Crippen LogP contribution in [0.2, 0.25) is 0 Å². The first-order chi connectivity index (χ1) is 33.9. The van der Waals surface area contributed by atoms with Crippen molar-refractivity contribution in [2.24, 2.45) is 14.1 Å². The van der Waals surface area contributed by atoms with E-state index in [0.717, 1.165) is 61.3 Å². The molecule has 0 bridgehead atoms. The third-order valence-corrected chi connectivity index (χ3v) is 11.9. The van der Waals surface area contributed by atoms with Crippen molar-refractivity contribution in [2.45, 2.75) is 55.4 Å². The van der Waals surface area contributed by atoms with Crippen molar-refractivity contribution in [3.05, 3.63) is 288 Å². The molecule has 0 aliphatic rings. The Bertz CT molecular complexity index is 2680. The molecule has 365 valence electrons. The topological polar surface area (TPSA) is 7.76 Å². The summed E-state index contributed by atoms with van der Waals surface area (Å²) in [5.41, 5.74) is 21.0. The van der Waals surface area contributed by atoms with Gasteiger partial charge in [-0.1, -0.05) is 47.6 Å². The molecule has 0 amide bonds. The number of nitrogens with zero attached hydrogens (tertiary/aromatic N) is 2. The number of aryl methyl sites for hydroxylation is 10. The van der Waals surface area contributed by atoms with E-state index in [1.807, 2.05) is 153 Å². The van der Waals surface area contributed by atoms with E-state index in [2.05, 4.69) is 168 Å². The fraction of sp³-hybridized carbons (Fsp3) is 0.147. The van der Waals surface area contributed by atoms with E-state index >= 15 is 0 Å². The van der Waals surface area contributed by atoms with Gasteiger partial charge in [-0.2, -0.15) is 181 Å². The van der Waals surface area contributed by atoms with E-state index in [9.17, 15) is 0 Å². The Labute approximate surface area is 510 Å². The second-order valence-corrected chi connectivity index (χ2v) is 17.1. The minimum Gasteiger partial charge on any atom is -0.294 e. The molecule has 0 aliphatic carbocycles. The van der Waals surface area contributed by atoms with Gasteiger partial charge in [-0.3, -0.25) is 15.7 Å². The van der Waals surface area contributed by atoms with Crippen molar-refractivity contribution in [2.75, 3.05) is 0 Å². The quantitative estimate of drug-likeness (QED) is 0.120. The third-order valence-electron chi connectivity index (χ3n) is 11.9. The molecule has 0 aliphatic heterocycles. The van der Waals surface area contributed by atoms with Crippen LogP contribution in [-0.2, 0) is 107 Å². The summed E-state index contributed by atoms with van der Waals surface area (Å²) in [4.78, 5) is 0. The van der Waals surface area contributed by atoms with Crippen LogP contribution in [0.15, 0.2) is 182 Å². The standard InChI is InChI=1S/3C14H12.2C13H12N.5V/c3*1-11-8-9-14(10-12(11)2)13-6-4-3-5-7-13;1-11-10-13(8-9-14(11)2)12-6-4-3-5-7-12;1-11-8-9-13(10-14(11)2)12-6-4-3-5-7-12;;;;;/h2*3-6,8,10H,1-2H3;2*3-6,8-9H,1-2H3;3-6,8,10H,1-2H3;;;;;/q3*-2;2*-1;5*+2. The summed E-state index contributed by atoms with van der Waals surface area (Å²) >= 11 is 0. The average Bonchev–Trinajstić information content (AvgIpc) is 3.40. The molecule has 2 heterocycles. The van der Waals surface area contributed by atoms with Gasteiger partial charge in [0.2, 0.25) is 0 Å². The molecule has 7 heteroatoms. The Balaban J connectivity index is 0.000000461. The van der Waals surface area contributed by atoms with Gasteiger partial charge in [-0.15, -0.1) is 69.8 Å². The van der Waals surface area contributed by atoms with Crippen LogP contribution in [0.4, 0.5) is 0 Å². The zero-order valence-corrected chi connectivity index (χ0v) is 51.4. The SMILES string of the molecule is Cc1[c-]c(-c2[c-]cccc2)cc[n+]1C.Cc1[c-]c(-c2[c-]cccc2)ccc1C.Cc1c[c-]c(-c2[c-]cccc2)c[n+]1C.Cc1c[c-]c(-c2[c-]cccc2)cc1C.Cc1c[c-]c(-c2[c-]cccc2)cc1C.[V+2].[V+2].[V+2].[V+2].[V+2]. The Hall–Kier alpha value is -5.02. The molecule has 0 saturated carbocycles. The summed E-state index contributed by atoms with van der Waals surface area (Å²) in [6.07, 6.45) is 4.11. The number of aromatic nitrogens is 2. The summed E-state index contributed by atoms with van der Waals surface area (Å²) < 4.78 is 4.14. The van der Waals surface area contributed by atoms with Crippen LogP contribution in [0, 0.1) is 116 Å². The van der Waals surface area contributed by atoms with Crippen LogP contribution >= 0.6 is 0 Å². The molecule has 0 N–H and O–H groups in total. The number of rotatable bonds is 5. The largest absolute Gasteiger partial charge is 2.00 e. The summed E-state index contributed by atoms with van der Waals surface area (Å²) in [7, 11) is 4.06. The molecular weight excluding hydrogens is 1100 g/mol. The van der Waals surface area contributed by atoms with E-state index in [-0.39, 0.29) is 92.8 Å². The van der Waals surface area contributed by atoms with Crippen LogP contribution in [0.25, 0.3) is 55.6 Å². The average molecular weight is 1160 g/mol. The summed E-state index contributed by atoms with van der Waals surface area (Å²) in [6, 6.07) is 88.9. The summed E-state index contributed by atoms with van der Waals surface area (Å²) in [5.74, 6) is 0. The maximum Gasteiger partial charge on any atom is 2.00 e. The molecular formula is C68H60N2V5+2. The van der Waals surface area contributed by atoms with E-state index in [1.54, 1.807) is 0 Å². The maximum atomic E-state index is 3.36. The van der Waals surface area contributed by atoms with Crippen LogP contribution in [0.1, 0.15) is 44.8 Å². The van der Waals surface area contributed by atoms with Crippen LogP contribution in [0.3, 0.4) is 0 Å². The first-order valence-electron chi connectivity index (χ1n) is 23.5. The number of pyridine rings is 2. The summed E-state index contributed by atoms with van der Waals surface area (Å²) in [5, 5.41) is 0. The molecule has 0 saturated heterocycles. The second-order valence-electron chi connectivity index (χ2n) is 17.1. The fourth-order valence-corrected chi connectivity index (χ4v) is 6.84. The first kappa shape index (κ1) is 68.0. The van der Waals surface area contributed by atoms with E-state index in [0.29, 0.717) is 0 Å². The number of hydrogen-bond acceptors (Lipinski definition) is 0. The van der Waals surface area contributed by atoms with E-state index in [4.69, 9.17) is 0 Å². The van der Waals surface area contributed by atoms with Gasteiger partial charge in [0.25, 0.3) is 0 Å². The van der Waals surface area contributed by atoms with Crippen molar-refractivity contribution < 1.29 is 102 Å². The Kier molecular flexibility index (Phi) is 32.0. The van der Waals surface area contributed by atoms with Gasteiger partial charge in [0.05, 0.1) is 5.69 Å². The second kappa shape index (κ2) is 35.3. The molecule has 5 radical (unpaired) electrons. The fourth-order valence-electron chi connectivity index (χ4n) is 6.84. The van der Waals surface area contributed by atoms with Gasteiger partial charge in [0, 0.05) is 13.1 Å². The number of hydrogen-bond donors (Lipinski definition) is 0. The predicted octanol–water partition coefficient (Wildman–Crippen LogP) is 14.9. The molecule has 10 aromatic rings. The molecule has 0 unspecified atom stereocenters. The van der Waals surface area contributed by atoms with E-state index < -0.39 is 0 Å². The van der Waals surface area contributed by atoms with Gasteiger partial charge >= 0.3 is 92.8 Å².